The summed E-state index contributed by atoms with van der Waals surface area (Å²) in [6.07, 6.45) is 0.706. The molecule has 0 radical (unpaired) electrons. The van der Waals surface area contributed by atoms with Crippen LogP contribution in [0.25, 0.3) is 0 Å². The number of thioether (sulfide) groups is 1. The zero-order valence-corrected chi connectivity index (χ0v) is 22.9. The average Bonchev–Trinajstić information content (AvgIpc) is 3.31. The van der Waals surface area contributed by atoms with Crippen LogP contribution in [0.5, 0.6) is 17.2 Å². The maximum atomic E-state index is 13.3. The second-order valence-corrected chi connectivity index (χ2v) is 9.55. The Morgan fingerprint density at radius 1 is 1.14 bits per heavy atom. The summed E-state index contributed by atoms with van der Waals surface area (Å²) in [7, 11) is 4.64. The summed E-state index contributed by atoms with van der Waals surface area (Å²) in [5.74, 6) is 2.04. The number of benzene rings is 2. The molecule has 1 aliphatic rings. The van der Waals surface area contributed by atoms with E-state index in [1.165, 1.54) is 11.8 Å². The Kier molecular flexibility index (Phi) is 8.50. The summed E-state index contributed by atoms with van der Waals surface area (Å²) in [6.45, 7) is 4.07. The smallest absolute Gasteiger partial charge is 0.338 e. The number of hydrogen-bond donors (Lipinski definition) is 1. The van der Waals surface area contributed by atoms with Gasteiger partial charge in [0.1, 0.15) is 6.04 Å². The molecule has 37 heavy (non-hydrogen) atoms. The molecule has 0 saturated carbocycles. The summed E-state index contributed by atoms with van der Waals surface area (Å²) in [4.78, 5) is 17.9. The van der Waals surface area contributed by atoms with Crippen molar-refractivity contribution in [2.45, 2.75) is 37.2 Å². The molecule has 0 bridgehead atoms. The van der Waals surface area contributed by atoms with E-state index in [1.807, 2.05) is 38.1 Å². The van der Waals surface area contributed by atoms with Gasteiger partial charge in [-0.3, -0.25) is 0 Å². The van der Waals surface area contributed by atoms with Crippen molar-refractivity contribution in [1.29, 1.82) is 0 Å². The molecule has 1 unspecified atom stereocenters. The number of esters is 1. The normalized spacial score (nSPS) is 14.6. The number of aromatic nitrogens is 3. The van der Waals surface area contributed by atoms with Crippen molar-refractivity contribution in [3.05, 3.63) is 63.8 Å². The Morgan fingerprint density at radius 2 is 1.84 bits per heavy atom. The number of allylic oxidation sites excluding steroid dienone is 1. The third kappa shape index (κ3) is 5.50. The Labute approximate surface area is 225 Å². The Morgan fingerprint density at radius 3 is 2.46 bits per heavy atom. The zero-order valence-electron chi connectivity index (χ0n) is 21.3. The van der Waals surface area contributed by atoms with Gasteiger partial charge >= 0.3 is 5.97 Å². The lowest BCUT2D eigenvalue weighted by Crippen LogP contribution is -2.30. The fraction of sp³-hybridized carbons (Fsp3) is 0.346. The molecule has 0 fully saturated rings. The first kappa shape index (κ1) is 26.7. The number of hydrogen-bond acceptors (Lipinski definition) is 9. The van der Waals surface area contributed by atoms with Crippen LogP contribution in [0.2, 0.25) is 5.02 Å². The SMILES string of the molecule is CCCOC(=O)C1=C(C)Nc2nc(SCc3ccccc3Cl)nn2C1c1cc(OC)c(OC)c(OC)c1. The maximum Gasteiger partial charge on any atom is 0.338 e. The summed E-state index contributed by atoms with van der Waals surface area (Å²) >= 11 is 7.78. The summed E-state index contributed by atoms with van der Waals surface area (Å²) in [6, 6.07) is 10.6. The fourth-order valence-electron chi connectivity index (χ4n) is 4.05. The molecule has 1 aliphatic heterocycles. The van der Waals surface area contributed by atoms with E-state index in [2.05, 4.69) is 10.3 Å². The molecular weight excluding hydrogens is 516 g/mol. The van der Waals surface area contributed by atoms with Gasteiger partial charge in [-0.15, -0.1) is 5.10 Å². The first-order valence-electron chi connectivity index (χ1n) is 11.7. The average molecular weight is 545 g/mol. The molecule has 4 rings (SSSR count). The van der Waals surface area contributed by atoms with E-state index in [0.717, 1.165) is 5.56 Å². The van der Waals surface area contributed by atoms with Gasteiger partial charge in [0.2, 0.25) is 16.9 Å². The molecule has 0 amide bonds. The number of halogens is 1. The molecule has 1 aromatic heterocycles. The van der Waals surface area contributed by atoms with Crippen molar-refractivity contribution in [1.82, 2.24) is 14.8 Å². The molecule has 0 saturated heterocycles. The standard InChI is InChI=1S/C26H29ClN4O5S/c1-6-11-36-24(32)21-15(2)28-25-29-26(37-14-16-9-7-8-10-18(16)27)30-31(25)22(21)17-12-19(33-3)23(35-5)20(13-17)34-4/h7-10,12-13,22H,6,11,14H2,1-5H3,(H,28,29,30). The van der Waals surface area contributed by atoms with Crippen LogP contribution in [0.4, 0.5) is 5.95 Å². The number of nitrogens with zero attached hydrogens (tertiary/aromatic N) is 3. The number of methoxy groups -OCH3 is 3. The van der Waals surface area contributed by atoms with E-state index in [1.54, 1.807) is 38.1 Å². The van der Waals surface area contributed by atoms with Gasteiger partial charge in [-0.1, -0.05) is 48.5 Å². The van der Waals surface area contributed by atoms with Gasteiger partial charge in [-0.25, -0.2) is 9.48 Å². The largest absolute Gasteiger partial charge is 0.493 e. The van der Waals surface area contributed by atoms with Crippen molar-refractivity contribution in [2.75, 3.05) is 33.3 Å². The third-order valence-corrected chi connectivity index (χ3v) is 7.06. The van der Waals surface area contributed by atoms with Crippen LogP contribution in [0.3, 0.4) is 0 Å². The number of rotatable bonds is 10. The van der Waals surface area contributed by atoms with E-state index in [4.69, 9.17) is 35.6 Å². The third-order valence-electron chi connectivity index (χ3n) is 5.81. The predicted molar refractivity (Wildman–Crippen MR) is 143 cm³/mol. The van der Waals surface area contributed by atoms with Crippen LogP contribution >= 0.6 is 23.4 Å². The van der Waals surface area contributed by atoms with Gasteiger partial charge in [0.25, 0.3) is 0 Å². The molecule has 196 valence electrons. The lowest BCUT2D eigenvalue weighted by Gasteiger charge is -2.29. The van der Waals surface area contributed by atoms with Gasteiger partial charge < -0.3 is 24.3 Å². The second-order valence-electron chi connectivity index (χ2n) is 8.20. The van der Waals surface area contributed by atoms with E-state index >= 15 is 0 Å². The highest BCUT2D eigenvalue weighted by atomic mass is 35.5. The quantitative estimate of drug-likeness (QED) is 0.262. The van der Waals surface area contributed by atoms with Crippen LogP contribution in [0.1, 0.15) is 37.4 Å². The minimum absolute atomic E-state index is 0.306. The van der Waals surface area contributed by atoms with Crippen molar-refractivity contribution in [3.63, 3.8) is 0 Å². The Bertz CT molecular complexity index is 1300. The van der Waals surface area contributed by atoms with Crippen LogP contribution < -0.4 is 19.5 Å². The lowest BCUT2D eigenvalue weighted by atomic mass is 9.95. The Hall–Kier alpha value is -3.37. The van der Waals surface area contributed by atoms with E-state index in [9.17, 15) is 4.79 Å². The van der Waals surface area contributed by atoms with Crippen LogP contribution in [0, 0.1) is 0 Å². The molecule has 2 aromatic carbocycles. The van der Waals surface area contributed by atoms with Gasteiger partial charge in [-0.05, 0) is 42.7 Å². The number of ether oxygens (including phenoxy) is 4. The minimum Gasteiger partial charge on any atom is -0.493 e. The van der Waals surface area contributed by atoms with Gasteiger partial charge in [0.05, 0.1) is 33.5 Å². The predicted octanol–water partition coefficient (Wildman–Crippen LogP) is 5.49. The molecular formula is C26H29ClN4O5S. The number of carbonyl (C=O) groups excluding carboxylic acids is 1. The fourth-order valence-corrected chi connectivity index (χ4v) is 5.17. The minimum atomic E-state index is -0.642. The molecule has 11 heteroatoms. The van der Waals surface area contributed by atoms with Crippen molar-refractivity contribution < 1.29 is 23.7 Å². The van der Waals surface area contributed by atoms with E-state index in [0.29, 0.717) is 69.0 Å². The first-order valence-corrected chi connectivity index (χ1v) is 13.1. The Balaban J connectivity index is 1.79. The molecule has 1 N–H and O–H groups in total. The van der Waals surface area contributed by atoms with Crippen molar-refractivity contribution in [3.8, 4) is 17.2 Å². The highest BCUT2D eigenvalue weighted by Crippen LogP contribution is 2.44. The van der Waals surface area contributed by atoms with Crippen molar-refractivity contribution >= 4 is 35.3 Å². The molecule has 0 aliphatic carbocycles. The maximum absolute atomic E-state index is 13.3. The lowest BCUT2D eigenvalue weighted by molar-refractivity contribution is -0.139. The highest BCUT2D eigenvalue weighted by Gasteiger charge is 2.36. The highest BCUT2D eigenvalue weighted by molar-refractivity contribution is 7.98. The van der Waals surface area contributed by atoms with Crippen molar-refractivity contribution in [2.24, 2.45) is 0 Å². The first-order chi connectivity index (χ1) is 17.9. The van der Waals surface area contributed by atoms with Crippen LogP contribution in [-0.4, -0.2) is 48.7 Å². The summed E-state index contributed by atoms with van der Waals surface area (Å²) in [5, 5.41) is 9.20. The number of carbonyl (C=O) groups is 1. The van der Waals surface area contributed by atoms with Gasteiger partial charge in [-0.2, -0.15) is 4.98 Å². The molecule has 1 atom stereocenters. The summed E-state index contributed by atoms with van der Waals surface area (Å²) < 4.78 is 23.9. The monoisotopic (exact) mass is 544 g/mol. The van der Waals surface area contributed by atoms with Gasteiger partial charge in [0, 0.05) is 16.5 Å². The molecule has 2 heterocycles. The van der Waals surface area contributed by atoms with E-state index < -0.39 is 12.0 Å². The molecule has 0 spiro atoms. The van der Waals surface area contributed by atoms with E-state index in [-0.39, 0.29) is 0 Å². The summed E-state index contributed by atoms with van der Waals surface area (Å²) in [5.41, 5.74) is 2.73. The van der Waals surface area contributed by atoms with Gasteiger partial charge in [0.15, 0.2) is 11.5 Å². The second kappa shape index (κ2) is 11.8. The van der Waals surface area contributed by atoms with Crippen LogP contribution in [0.15, 0.2) is 52.8 Å². The number of anilines is 1. The topological polar surface area (TPSA) is 96.7 Å². The number of nitrogens with one attached hydrogen (secondary N) is 1. The molecule has 9 nitrogen and oxygen atoms in total. The zero-order chi connectivity index (χ0) is 26.5. The number of fused-ring (bicyclic) bond motifs is 1. The molecule has 3 aromatic rings. The van der Waals surface area contributed by atoms with Crippen LogP contribution in [-0.2, 0) is 15.3 Å².